The number of carbonyl (C=O) groups is 1. The maximum atomic E-state index is 13.8. The summed E-state index contributed by atoms with van der Waals surface area (Å²) in [4.78, 5) is 22.6. The zero-order valence-corrected chi connectivity index (χ0v) is 17.9. The van der Waals surface area contributed by atoms with E-state index in [4.69, 9.17) is 16.2 Å². The van der Waals surface area contributed by atoms with Gasteiger partial charge in [0.15, 0.2) is 23.7 Å². The van der Waals surface area contributed by atoms with Gasteiger partial charge in [-0.3, -0.25) is 0 Å². The third-order valence-corrected chi connectivity index (χ3v) is 6.62. The zero-order chi connectivity index (χ0) is 25.3. The maximum Gasteiger partial charge on any atom is 0.417 e. The van der Waals surface area contributed by atoms with Crippen molar-refractivity contribution in [2.24, 2.45) is 21.5 Å². The Balaban J connectivity index is 1.57. The molecule has 35 heavy (non-hydrogen) atoms. The summed E-state index contributed by atoms with van der Waals surface area (Å²) in [6, 6.07) is 5.76. The molecule has 8 N–H and O–H groups in total. The highest BCUT2D eigenvalue weighted by atomic mass is 19.4. The van der Waals surface area contributed by atoms with Gasteiger partial charge in [-0.2, -0.15) is 13.2 Å². The number of esters is 1. The van der Waals surface area contributed by atoms with E-state index in [0.717, 1.165) is 6.07 Å². The first-order valence-electron chi connectivity index (χ1n) is 10.5. The lowest BCUT2D eigenvalue weighted by atomic mass is 9.86. The third-order valence-electron chi connectivity index (χ3n) is 6.62. The molecule has 0 aliphatic carbocycles. The van der Waals surface area contributed by atoms with E-state index in [0.29, 0.717) is 5.39 Å². The number of hydrogen-bond acceptors (Lipinski definition) is 11. The molecule has 0 saturated carbocycles. The Morgan fingerprint density at radius 1 is 1.20 bits per heavy atom. The molecule has 3 aliphatic heterocycles. The predicted molar refractivity (Wildman–Crippen MR) is 116 cm³/mol. The highest BCUT2D eigenvalue weighted by Crippen LogP contribution is 2.46. The molecule has 0 amide bonds. The van der Waals surface area contributed by atoms with Crippen molar-refractivity contribution in [3.63, 3.8) is 0 Å². The smallest absolute Gasteiger partial charge is 0.417 e. The van der Waals surface area contributed by atoms with E-state index in [1.807, 2.05) is 0 Å². The van der Waals surface area contributed by atoms with Crippen LogP contribution in [0.4, 0.5) is 13.2 Å². The molecular formula is C21H21F3N6O5. The number of rotatable bonds is 3. The SMILES string of the molecule is NC1=N[C@H]2[C@H](CO)N=C(N)N3C[C@H](OC(=O)c4c(C(F)(F)F)ccc5ccccc45)C(O)(O)[C@]23N1. The fourth-order valence-electron chi connectivity index (χ4n) is 5.09. The van der Waals surface area contributed by atoms with Crippen molar-refractivity contribution in [1.29, 1.82) is 0 Å². The van der Waals surface area contributed by atoms with E-state index in [1.165, 1.54) is 29.2 Å². The van der Waals surface area contributed by atoms with Crippen molar-refractivity contribution < 1.29 is 38.0 Å². The van der Waals surface area contributed by atoms with Crippen LogP contribution in [-0.2, 0) is 10.9 Å². The normalized spacial score (nSPS) is 29.2. The lowest BCUT2D eigenvalue weighted by Crippen LogP contribution is -2.77. The Hall–Kier alpha value is -3.62. The van der Waals surface area contributed by atoms with Crippen molar-refractivity contribution in [3.05, 3.63) is 47.5 Å². The van der Waals surface area contributed by atoms with Gasteiger partial charge in [0.2, 0.25) is 5.79 Å². The molecule has 2 aromatic carbocycles. The minimum absolute atomic E-state index is 0.0199. The number of nitrogens with one attached hydrogen (secondary N) is 1. The number of ether oxygens (including phenoxy) is 1. The number of nitrogens with two attached hydrogens (primary N) is 2. The molecule has 186 valence electrons. The number of aliphatic imine (C=N–C) groups is 2. The average molecular weight is 494 g/mol. The molecular weight excluding hydrogens is 473 g/mol. The summed E-state index contributed by atoms with van der Waals surface area (Å²) in [6.07, 6.45) is -6.68. The second-order valence-corrected chi connectivity index (χ2v) is 8.53. The van der Waals surface area contributed by atoms with Crippen molar-refractivity contribution in [2.45, 2.75) is 35.8 Å². The summed E-state index contributed by atoms with van der Waals surface area (Å²) < 4.78 is 46.7. The van der Waals surface area contributed by atoms with E-state index in [1.54, 1.807) is 6.07 Å². The fraction of sp³-hybridized carbons (Fsp3) is 0.381. The second kappa shape index (κ2) is 7.44. The van der Waals surface area contributed by atoms with Crippen LogP contribution in [0.5, 0.6) is 0 Å². The van der Waals surface area contributed by atoms with Gasteiger partial charge < -0.3 is 41.7 Å². The number of nitrogens with zero attached hydrogens (tertiary/aromatic N) is 3. The Bertz CT molecular complexity index is 1280. The molecule has 1 fully saturated rings. The van der Waals surface area contributed by atoms with Crippen LogP contribution in [0.3, 0.4) is 0 Å². The van der Waals surface area contributed by atoms with Gasteiger partial charge in [-0.15, -0.1) is 0 Å². The first kappa shape index (κ1) is 23.1. The summed E-state index contributed by atoms with van der Waals surface area (Å²) in [5.74, 6) is -4.81. The molecule has 1 saturated heterocycles. The molecule has 2 aromatic rings. The van der Waals surface area contributed by atoms with E-state index < -0.39 is 66.1 Å². The van der Waals surface area contributed by atoms with E-state index in [9.17, 15) is 33.3 Å². The second-order valence-electron chi connectivity index (χ2n) is 8.53. The topological polar surface area (TPSA) is 179 Å². The van der Waals surface area contributed by atoms with Crippen molar-refractivity contribution in [2.75, 3.05) is 13.2 Å². The quantitative estimate of drug-likeness (QED) is 0.232. The largest absolute Gasteiger partial charge is 0.451 e. The van der Waals surface area contributed by atoms with Gasteiger partial charge in [0.05, 0.1) is 24.3 Å². The number of aliphatic hydroxyl groups excluding tert-OH is 1. The molecule has 0 bridgehead atoms. The van der Waals surface area contributed by atoms with Gasteiger partial charge in [-0.25, -0.2) is 14.8 Å². The molecule has 0 aromatic heterocycles. The minimum atomic E-state index is -4.88. The summed E-state index contributed by atoms with van der Waals surface area (Å²) in [6.45, 7) is -1.02. The summed E-state index contributed by atoms with van der Waals surface area (Å²) in [7, 11) is 0. The van der Waals surface area contributed by atoms with Crippen LogP contribution in [0, 0.1) is 0 Å². The molecule has 1 spiro atoms. The average Bonchev–Trinajstić information content (AvgIpc) is 3.26. The van der Waals surface area contributed by atoms with Gasteiger partial charge in [0, 0.05) is 0 Å². The van der Waals surface area contributed by atoms with Crippen LogP contribution in [0.25, 0.3) is 10.8 Å². The van der Waals surface area contributed by atoms with Gasteiger partial charge in [-0.05, 0) is 16.8 Å². The number of aliphatic hydroxyl groups is 3. The number of hydrogen-bond donors (Lipinski definition) is 6. The molecule has 0 unspecified atom stereocenters. The molecule has 4 atom stereocenters. The van der Waals surface area contributed by atoms with Crippen LogP contribution in [0.15, 0.2) is 46.4 Å². The fourth-order valence-corrected chi connectivity index (χ4v) is 5.09. The first-order valence-corrected chi connectivity index (χ1v) is 10.5. The number of carbonyl (C=O) groups excluding carboxylic acids is 1. The number of halogens is 3. The first-order chi connectivity index (χ1) is 16.4. The Morgan fingerprint density at radius 3 is 2.60 bits per heavy atom. The van der Waals surface area contributed by atoms with Crippen molar-refractivity contribution in [3.8, 4) is 0 Å². The molecule has 14 heteroatoms. The predicted octanol–water partition coefficient (Wildman–Crippen LogP) is -0.947. The molecule has 0 radical (unpaired) electrons. The molecule has 3 aliphatic rings. The third kappa shape index (κ3) is 3.13. The molecule has 11 nitrogen and oxygen atoms in total. The highest BCUT2D eigenvalue weighted by molar-refractivity contribution is 6.06. The Labute approximate surface area is 195 Å². The van der Waals surface area contributed by atoms with Crippen LogP contribution < -0.4 is 16.8 Å². The molecule has 5 rings (SSSR count). The Morgan fingerprint density at radius 2 is 1.91 bits per heavy atom. The zero-order valence-electron chi connectivity index (χ0n) is 17.9. The summed E-state index contributed by atoms with van der Waals surface area (Å²) in [5.41, 5.74) is 7.78. The van der Waals surface area contributed by atoms with Crippen LogP contribution >= 0.6 is 0 Å². The van der Waals surface area contributed by atoms with Crippen molar-refractivity contribution in [1.82, 2.24) is 10.2 Å². The van der Waals surface area contributed by atoms with Crippen LogP contribution in [0.1, 0.15) is 15.9 Å². The Kier molecular flexibility index (Phi) is 4.92. The van der Waals surface area contributed by atoms with Crippen LogP contribution in [0.2, 0.25) is 0 Å². The minimum Gasteiger partial charge on any atom is -0.451 e. The number of benzene rings is 2. The van der Waals surface area contributed by atoms with Gasteiger partial charge in [0.25, 0.3) is 0 Å². The number of fused-ring (bicyclic) bond motifs is 1. The van der Waals surface area contributed by atoms with Crippen LogP contribution in [-0.4, -0.2) is 80.9 Å². The van der Waals surface area contributed by atoms with Gasteiger partial charge >= 0.3 is 12.1 Å². The summed E-state index contributed by atoms with van der Waals surface area (Å²) in [5, 5.41) is 35.2. The standard InChI is InChI=1S/C21H21F3N6O5/c22-21(23,24)11-6-5-9-3-1-2-4-10(9)14(11)16(32)35-13-7-30-18(26)27-12(8-31)15-19(30,20(13,33)34)29-17(25)28-15/h1-6,12-13,15,31,33-34H,7-8H2,(H2,26,27)(H3,25,28,29)/t12-,13-,15-,19-/m0/s1. The number of guanidine groups is 2. The van der Waals surface area contributed by atoms with E-state index in [2.05, 4.69) is 15.3 Å². The van der Waals surface area contributed by atoms with Gasteiger partial charge in [0.1, 0.15) is 12.1 Å². The van der Waals surface area contributed by atoms with E-state index >= 15 is 0 Å². The van der Waals surface area contributed by atoms with E-state index in [-0.39, 0.29) is 17.3 Å². The maximum absolute atomic E-state index is 13.8. The molecule has 3 heterocycles. The monoisotopic (exact) mass is 494 g/mol. The van der Waals surface area contributed by atoms with Gasteiger partial charge in [-0.1, -0.05) is 30.3 Å². The summed E-state index contributed by atoms with van der Waals surface area (Å²) >= 11 is 0. The number of alkyl halides is 3. The van der Waals surface area contributed by atoms with Crippen molar-refractivity contribution >= 4 is 28.7 Å². The lowest BCUT2D eigenvalue weighted by molar-refractivity contribution is -0.257. The highest BCUT2D eigenvalue weighted by Gasteiger charge is 2.74. The lowest BCUT2D eigenvalue weighted by Gasteiger charge is -2.48.